The molecule has 0 saturated heterocycles. The Bertz CT molecular complexity index is 1290. The number of imidazole rings is 1. The van der Waals surface area contributed by atoms with E-state index in [1.807, 2.05) is 43.7 Å². The molecule has 4 rings (SSSR count). The van der Waals surface area contributed by atoms with Gasteiger partial charge in [-0.2, -0.15) is 0 Å². The summed E-state index contributed by atoms with van der Waals surface area (Å²) >= 11 is 1.50. The molecule has 0 aliphatic carbocycles. The Morgan fingerprint density at radius 2 is 1.97 bits per heavy atom. The minimum absolute atomic E-state index is 0.182. The van der Waals surface area contributed by atoms with E-state index >= 15 is 0 Å². The molecule has 0 saturated carbocycles. The summed E-state index contributed by atoms with van der Waals surface area (Å²) < 4.78 is 18.5. The van der Waals surface area contributed by atoms with Gasteiger partial charge in [0.2, 0.25) is 5.89 Å². The van der Waals surface area contributed by atoms with Crippen molar-refractivity contribution in [3.05, 3.63) is 51.8 Å². The normalized spacial score (nSPS) is 11.2. The molecule has 4 aromatic rings. The van der Waals surface area contributed by atoms with Crippen molar-refractivity contribution < 1.29 is 13.9 Å². The molecule has 0 amide bonds. The number of hydrogen-bond donors (Lipinski definition) is 1. The van der Waals surface area contributed by atoms with Crippen molar-refractivity contribution >= 4 is 22.8 Å². The molecule has 0 spiro atoms. The fourth-order valence-corrected chi connectivity index (χ4v) is 4.20. The summed E-state index contributed by atoms with van der Waals surface area (Å²) in [5, 5.41) is 0.743. The number of oxazole rings is 1. The second-order valence-electron chi connectivity index (χ2n) is 6.85. The van der Waals surface area contributed by atoms with Crippen molar-refractivity contribution in [3.8, 4) is 23.0 Å². The standard InChI is InChI=1S/C21H22N4O4S/c1-11-8-16-18(19(26)22-11)24-21(25(16)3)30-10-15-12(2)29-20(23-15)14-7-6-13(27-4)9-17(14)28-5/h6-9H,10H2,1-5H3,(H,22,26). The Kier molecular flexibility index (Phi) is 5.29. The predicted molar refractivity (Wildman–Crippen MR) is 115 cm³/mol. The molecule has 30 heavy (non-hydrogen) atoms. The highest BCUT2D eigenvalue weighted by atomic mass is 32.2. The van der Waals surface area contributed by atoms with Crippen molar-refractivity contribution in [2.45, 2.75) is 24.8 Å². The predicted octanol–water partition coefficient (Wildman–Crippen LogP) is 3.84. The van der Waals surface area contributed by atoms with E-state index in [0.717, 1.165) is 33.4 Å². The van der Waals surface area contributed by atoms with Crippen molar-refractivity contribution in [2.75, 3.05) is 14.2 Å². The molecule has 0 fully saturated rings. The quantitative estimate of drug-likeness (QED) is 0.468. The first-order valence-electron chi connectivity index (χ1n) is 9.29. The number of aromatic nitrogens is 4. The molecule has 8 nitrogen and oxygen atoms in total. The molecular formula is C21H22N4O4S. The molecule has 0 radical (unpaired) electrons. The van der Waals surface area contributed by atoms with Crippen LogP contribution in [0.5, 0.6) is 11.5 Å². The van der Waals surface area contributed by atoms with Gasteiger partial charge in [0, 0.05) is 24.6 Å². The maximum absolute atomic E-state index is 12.2. The van der Waals surface area contributed by atoms with Gasteiger partial charge < -0.3 is 23.4 Å². The molecule has 9 heteroatoms. The molecule has 1 aromatic carbocycles. The molecule has 3 aromatic heterocycles. The second kappa shape index (κ2) is 7.91. The molecule has 156 valence electrons. The minimum Gasteiger partial charge on any atom is -0.497 e. The van der Waals surface area contributed by atoms with Crippen LogP contribution in [0.3, 0.4) is 0 Å². The molecule has 1 N–H and O–H groups in total. The number of benzene rings is 1. The summed E-state index contributed by atoms with van der Waals surface area (Å²) in [7, 11) is 5.11. The van der Waals surface area contributed by atoms with Crippen LogP contribution >= 0.6 is 11.8 Å². The number of nitrogens with zero attached hydrogens (tertiary/aromatic N) is 3. The van der Waals surface area contributed by atoms with E-state index in [4.69, 9.17) is 13.9 Å². The van der Waals surface area contributed by atoms with Crippen molar-refractivity contribution in [2.24, 2.45) is 7.05 Å². The van der Waals surface area contributed by atoms with Crippen LogP contribution in [0.25, 0.3) is 22.5 Å². The van der Waals surface area contributed by atoms with Crippen LogP contribution in [0.2, 0.25) is 0 Å². The molecule has 0 unspecified atom stereocenters. The van der Waals surface area contributed by atoms with Crippen molar-refractivity contribution in [1.82, 2.24) is 19.5 Å². The Labute approximate surface area is 177 Å². The highest BCUT2D eigenvalue weighted by Crippen LogP contribution is 2.35. The lowest BCUT2D eigenvalue weighted by Gasteiger charge is -2.07. The Morgan fingerprint density at radius 1 is 1.17 bits per heavy atom. The monoisotopic (exact) mass is 426 g/mol. The molecule has 3 heterocycles. The summed E-state index contributed by atoms with van der Waals surface area (Å²) in [5.41, 5.74) is 3.43. The van der Waals surface area contributed by atoms with Gasteiger partial charge in [-0.3, -0.25) is 4.79 Å². The van der Waals surface area contributed by atoms with Gasteiger partial charge in [0.15, 0.2) is 10.7 Å². The third kappa shape index (κ3) is 3.56. The number of rotatable bonds is 6. The van der Waals surface area contributed by atoms with Crippen LogP contribution in [-0.2, 0) is 12.8 Å². The summed E-state index contributed by atoms with van der Waals surface area (Å²) in [6.45, 7) is 3.74. The average molecular weight is 426 g/mol. The van der Waals surface area contributed by atoms with Gasteiger partial charge in [-0.05, 0) is 32.0 Å². The lowest BCUT2D eigenvalue weighted by atomic mass is 10.2. The highest BCUT2D eigenvalue weighted by molar-refractivity contribution is 7.98. The number of thioether (sulfide) groups is 1. The fraction of sp³-hybridized carbons (Fsp3) is 0.286. The summed E-state index contributed by atoms with van der Waals surface area (Å²) in [6, 6.07) is 7.41. The Hall–Kier alpha value is -3.20. The maximum Gasteiger partial charge on any atom is 0.276 e. The number of ether oxygens (including phenoxy) is 2. The summed E-state index contributed by atoms with van der Waals surface area (Å²) in [5.74, 6) is 3.09. The van der Waals surface area contributed by atoms with E-state index in [1.54, 1.807) is 20.3 Å². The van der Waals surface area contributed by atoms with E-state index < -0.39 is 0 Å². The molecule has 0 aliphatic rings. The first-order valence-corrected chi connectivity index (χ1v) is 10.3. The first kappa shape index (κ1) is 20.1. The fourth-order valence-electron chi connectivity index (χ4n) is 3.22. The average Bonchev–Trinajstić information content (AvgIpc) is 3.26. The van der Waals surface area contributed by atoms with Gasteiger partial charge in [-0.15, -0.1) is 0 Å². The molecule has 0 atom stereocenters. The lowest BCUT2D eigenvalue weighted by Crippen LogP contribution is -2.07. The van der Waals surface area contributed by atoms with Gasteiger partial charge >= 0.3 is 0 Å². The van der Waals surface area contributed by atoms with Crippen molar-refractivity contribution in [1.29, 1.82) is 0 Å². The molecule has 0 bridgehead atoms. The van der Waals surface area contributed by atoms with Crippen molar-refractivity contribution in [3.63, 3.8) is 0 Å². The summed E-state index contributed by atoms with van der Waals surface area (Å²) in [6.07, 6.45) is 0. The second-order valence-corrected chi connectivity index (χ2v) is 7.79. The van der Waals surface area contributed by atoms with Gasteiger partial charge in [-0.25, -0.2) is 9.97 Å². The molecule has 0 aliphatic heterocycles. The smallest absolute Gasteiger partial charge is 0.276 e. The largest absolute Gasteiger partial charge is 0.497 e. The van der Waals surface area contributed by atoms with Crippen LogP contribution < -0.4 is 15.0 Å². The Balaban J connectivity index is 1.61. The Morgan fingerprint density at radius 3 is 2.70 bits per heavy atom. The number of pyridine rings is 1. The number of fused-ring (bicyclic) bond motifs is 1. The van der Waals surface area contributed by atoms with E-state index in [-0.39, 0.29) is 5.56 Å². The van der Waals surface area contributed by atoms with E-state index in [0.29, 0.717) is 28.7 Å². The van der Waals surface area contributed by atoms with Gasteiger partial charge in [0.05, 0.1) is 31.0 Å². The van der Waals surface area contributed by atoms with E-state index in [1.165, 1.54) is 11.8 Å². The van der Waals surface area contributed by atoms with Gasteiger partial charge in [0.1, 0.15) is 17.3 Å². The molecular weight excluding hydrogens is 404 g/mol. The van der Waals surface area contributed by atoms with Crippen LogP contribution in [0.1, 0.15) is 17.1 Å². The first-order chi connectivity index (χ1) is 14.4. The van der Waals surface area contributed by atoms with Crippen LogP contribution in [0.15, 0.2) is 38.6 Å². The van der Waals surface area contributed by atoms with Crippen LogP contribution in [0, 0.1) is 13.8 Å². The topological polar surface area (TPSA) is 95.2 Å². The zero-order chi connectivity index (χ0) is 21.4. The maximum atomic E-state index is 12.2. The van der Waals surface area contributed by atoms with Crippen LogP contribution in [0.4, 0.5) is 0 Å². The third-order valence-corrected chi connectivity index (χ3v) is 5.89. The van der Waals surface area contributed by atoms with E-state index in [2.05, 4.69) is 15.0 Å². The minimum atomic E-state index is -0.182. The number of hydrogen-bond acceptors (Lipinski definition) is 7. The van der Waals surface area contributed by atoms with Gasteiger partial charge in [-0.1, -0.05) is 11.8 Å². The number of H-pyrrole nitrogens is 1. The zero-order valence-electron chi connectivity index (χ0n) is 17.4. The highest BCUT2D eigenvalue weighted by Gasteiger charge is 2.18. The van der Waals surface area contributed by atoms with E-state index in [9.17, 15) is 4.79 Å². The number of aromatic amines is 1. The van der Waals surface area contributed by atoms with Crippen LogP contribution in [-0.4, -0.2) is 33.7 Å². The summed E-state index contributed by atoms with van der Waals surface area (Å²) in [4.78, 5) is 24.1. The number of methoxy groups -OCH3 is 2. The number of nitrogens with one attached hydrogen (secondary N) is 1. The number of aryl methyl sites for hydroxylation is 3. The lowest BCUT2D eigenvalue weighted by molar-refractivity contribution is 0.394. The zero-order valence-corrected chi connectivity index (χ0v) is 18.2. The third-order valence-electron chi connectivity index (χ3n) is 4.85. The van der Waals surface area contributed by atoms with Gasteiger partial charge in [0.25, 0.3) is 5.56 Å². The SMILES string of the molecule is COc1ccc(-c2nc(CSc3nc4c(=O)[nH]c(C)cc4n3C)c(C)o2)c(OC)c1.